The maximum absolute atomic E-state index is 4.27. The van der Waals surface area contributed by atoms with E-state index in [2.05, 4.69) is 200 Å². The molecule has 0 N–H and O–H groups in total. The lowest BCUT2D eigenvalue weighted by molar-refractivity contribution is 1.28. The largest absolute Gasteiger partial charge is 0.311 e. The highest BCUT2D eigenvalue weighted by Crippen LogP contribution is 2.40. The number of allylic oxidation sites excluding steroid dienone is 1. The Morgan fingerprint density at radius 3 is 1.68 bits per heavy atom. The van der Waals surface area contributed by atoms with E-state index in [1.165, 1.54) is 64.0 Å². The highest BCUT2D eigenvalue weighted by atomic mass is 32.1. The summed E-state index contributed by atoms with van der Waals surface area (Å²) in [4.78, 5) is 2.34. The molecule has 0 atom stereocenters. The molecule has 9 aromatic carbocycles. The van der Waals surface area contributed by atoms with Gasteiger partial charge in [-0.1, -0.05) is 153 Å². The van der Waals surface area contributed by atoms with Gasteiger partial charge in [-0.3, -0.25) is 0 Å². The number of anilines is 3. The van der Waals surface area contributed by atoms with Gasteiger partial charge >= 0.3 is 0 Å². The molecule has 0 aliphatic carbocycles. The Bertz CT molecular complexity index is 3210. The molecule has 0 radical (unpaired) electrons. The summed E-state index contributed by atoms with van der Waals surface area (Å²) in [5.74, 6) is 0. The number of thiophene rings is 1. The first-order valence-electron chi connectivity index (χ1n) is 19.0. The second-order valence-electron chi connectivity index (χ2n) is 14.3. The van der Waals surface area contributed by atoms with Crippen molar-refractivity contribution in [2.24, 2.45) is 0 Å². The van der Waals surface area contributed by atoms with Crippen LogP contribution in [0.25, 0.3) is 76.1 Å². The molecule has 0 bridgehead atoms. The van der Waals surface area contributed by atoms with Crippen LogP contribution in [0.2, 0.25) is 0 Å². The van der Waals surface area contributed by atoms with Gasteiger partial charge in [0.05, 0.1) is 0 Å². The van der Waals surface area contributed by atoms with Crippen LogP contribution in [0.15, 0.2) is 207 Å². The zero-order valence-electron chi connectivity index (χ0n) is 30.8. The van der Waals surface area contributed by atoms with E-state index in [1.807, 2.05) is 29.5 Å². The van der Waals surface area contributed by atoms with Gasteiger partial charge in [0, 0.05) is 37.2 Å². The molecule has 56 heavy (non-hydrogen) atoms. The van der Waals surface area contributed by atoms with Crippen LogP contribution >= 0.6 is 11.3 Å². The third kappa shape index (κ3) is 5.98. The van der Waals surface area contributed by atoms with Gasteiger partial charge in [0.1, 0.15) is 0 Å². The minimum absolute atomic E-state index is 0.986. The van der Waals surface area contributed by atoms with Gasteiger partial charge in [-0.25, -0.2) is 0 Å². The molecule has 0 aliphatic rings. The molecule has 0 aliphatic heterocycles. The topological polar surface area (TPSA) is 3.24 Å². The zero-order chi connectivity index (χ0) is 37.6. The van der Waals surface area contributed by atoms with Crippen LogP contribution in [-0.2, 0) is 0 Å². The second-order valence-corrected chi connectivity index (χ2v) is 15.4. The molecular weight excluding hydrogens is 695 g/mol. The molecule has 1 heterocycles. The summed E-state index contributed by atoms with van der Waals surface area (Å²) in [6.07, 6.45) is 1.93. The molecule has 264 valence electrons. The quantitative estimate of drug-likeness (QED) is 0.148. The van der Waals surface area contributed by atoms with E-state index in [1.54, 1.807) is 0 Å². The Morgan fingerprint density at radius 2 is 0.964 bits per heavy atom. The van der Waals surface area contributed by atoms with E-state index in [0.29, 0.717) is 0 Å². The molecule has 0 saturated heterocycles. The molecule has 0 spiro atoms. The van der Waals surface area contributed by atoms with Crippen LogP contribution in [0, 0.1) is 0 Å². The number of hydrogen-bond donors (Lipinski definition) is 0. The normalized spacial score (nSPS) is 12.0. The van der Waals surface area contributed by atoms with Gasteiger partial charge in [0.2, 0.25) is 0 Å². The Kier molecular flexibility index (Phi) is 8.40. The van der Waals surface area contributed by atoms with Crippen molar-refractivity contribution in [1.82, 2.24) is 0 Å². The van der Waals surface area contributed by atoms with E-state index in [0.717, 1.165) is 38.6 Å². The van der Waals surface area contributed by atoms with E-state index in [9.17, 15) is 0 Å². The molecule has 1 nitrogen and oxygen atoms in total. The van der Waals surface area contributed by atoms with Crippen LogP contribution in [0.4, 0.5) is 17.1 Å². The lowest BCUT2D eigenvalue weighted by Gasteiger charge is -2.26. The van der Waals surface area contributed by atoms with Crippen molar-refractivity contribution in [1.29, 1.82) is 0 Å². The summed E-state index contributed by atoms with van der Waals surface area (Å²) >= 11 is 1.85. The minimum atomic E-state index is 0.986. The predicted molar refractivity (Wildman–Crippen MR) is 244 cm³/mol. The number of nitrogens with zero attached hydrogens (tertiary/aromatic N) is 1. The van der Waals surface area contributed by atoms with Crippen molar-refractivity contribution in [2.45, 2.75) is 0 Å². The lowest BCUT2D eigenvalue weighted by atomic mass is 9.97. The van der Waals surface area contributed by atoms with Gasteiger partial charge in [0.25, 0.3) is 0 Å². The van der Waals surface area contributed by atoms with Crippen LogP contribution in [0.1, 0.15) is 5.56 Å². The highest BCUT2D eigenvalue weighted by molar-refractivity contribution is 7.25. The van der Waals surface area contributed by atoms with Crippen LogP contribution in [0.5, 0.6) is 0 Å². The van der Waals surface area contributed by atoms with Gasteiger partial charge in [-0.05, 0) is 126 Å². The summed E-state index contributed by atoms with van der Waals surface area (Å²) in [7, 11) is 0. The van der Waals surface area contributed by atoms with Crippen molar-refractivity contribution in [3.63, 3.8) is 0 Å². The zero-order valence-corrected chi connectivity index (χ0v) is 31.6. The average molecular weight is 732 g/mol. The summed E-state index contributed by atoms with van der Waals surface area (Å²) < 4.78 is 2.64. The number of fused-ring (bicyclic) bond motifs is 6. The van der Waals surface area contributed by atoms with Gasteiger partial charge in [-0.2, -0.15) is 0 Å². The number of rotatable bonds is 7. The second kappa shape index (κ2) is 14.0. The van der Waals surface area contributed by atoms with Crippen LogP contribution in [-0.4, -0.2) is 0 Å². The maximum Gasteiger partial charge on any atom is 0.0462 e. The molecule has 10 aromatic rings. The first-order chi connectivity index (χ1) is 27.6. The standard InChI is InChI=1S/C54H37NS/c1-3-47(48-12-6-4-10-36(48)2)40-22-30-46(31-23-40)55(45-28-20-38(21-29-45)42-25-33-54-52(35-42)51-14-8-9-15-53(51)56-54)44-26-18-37(19-27-44)41-24-32-50-43(34-41)17-16-39-11-5-7-13-49(39)50/h3-35H,1-2H2/b48-47+. The molecule has 0 amide bonds. The van der Waals surface area contributed by atoms with Gasteiger partial charge in [-0.15, -0.1) is 11.3 Å². The average Bonchev–Trinajstić information content (AvgIpc) is 3.63. The monoisotopic (exact) mass is 731 g/mol. The summed E-state index contributed by atoms with van der Waals surface area (Å²) in [5.41, 5.74) is 10.2. The third-order valence-electron chi connectivity index (χ3n) is 11.0. The van der Waals surface area contributed by atoms with Crippen LogP contribution in [0.3, 0.4) is 0 Å². The third-order valence-corrected chi connectivity index (χ3v) is 12.1. The first-order valence-corrected chi connectivity index (χ1v) is 19.8. The fraction of sp³-hybridized carbons (Fsp3) is 0. The molecule has 0 unspecified atom stereocenters. The number of benzene rings is 9. The van der Waals surface area contributed by atoms with Crippen molar-refractivity contribution in [2.75, 3.05) is 4.90 Å². The van der Waals surface area contributed by atoms with Gasteiger partial charge in [0.15, 0.2) is 0 Å². The van der Waals surface area contributed by atoms with E-state index >= 15 is 0 Å². The summed E-state index contributed by atoms with van der Waals surface area (Å²) in [5, 5.41) is 9.78. The summed E-state index contributed by atoms with van der Waals surface area (Å²) in [6.45, 7) is 8.43. The lowest BCUT2D eigenvalue weighted by Crippen LogP contribution is -2.24. The molecular formula is C54H37NS. The van der Waals surface area contributed by atoms with Crippen molar-refractivity contribution < 1.29 is 0 Å². The van der Waals surface area contributed by atoms with Crippen molar-refractivity contribution in [3.8, 4) is 22.3 Å². The smallest absolute Gasteiger partial charge is 0.0462 e. The first kappa shape index (κ1) is 33.6. The Hall–Kier alpha value is -7.00. The molecule has 0 fully saturated rings. The maximum atomic E-state index is 4.27. The Morgan fingerprint density at radius 1 is 0.429 bits per heavy atom. The summed E-state index contributed by atoms with van der Waals surface area (Å²) in [6, 6.07) is 70.3. The van der Waals surface area contributed by atoms with Crippen molar-refractivity contribution in [3.05, 3.63) is 223 Å². The Balaban J connectivity index is 1.04. The van der Waals surface area contributed by atoms with E-state index in [4.69, 9.17) is 0 Å². The SMILES string of the molecule is C=C/C(c1ccc(N(c2ccc(-c3ccc4c(ccc5ccccc54)c3)cc2)c2ccc(-c3ccc4sc5ccccc5c4c3)cc2)cc1)=c1/ccccc1=C. The molecule has 0 saturated carbocycles. The van der Waals surface area contributed by atoms with E-state index in [-0.39, 0.29) is 0 Å². The highest BCUT2D eigenvalue weighted by Gasteiger charge is 2.15. The number of hydrogen-bond acceptors (Lipinski definition) is 2. The fourth-order valence-electron chi connectivity index (χ4n) is 8.11. The van der Waals surface area contributed by atoms with Gasteiger partial charge < -0.3 is 4.90 Å². The Labute approximate surface area is 330 Å². The molecule has 2 heteroatoms. The molecule has 1 aromatic heterocycles. The predicted octanol–water partition coefficient (Wildman–Crippen LogP) is 14.0. The van der Waals surface area contributed by atoms with Crippen LogP contribution < -0.4 is 15.3 Å². The fourth-order valence-corrected chi connectivity index (χ4v) is 9.19. The molecule has 10 rings (SSSR count). The van der Waals surface area contributed by atoms with Crippen molar-refractivity contribution >= 4 is 82.3 Å². The van der Waals surface area contributed by atoms with E-state index < -0.39 is 0 Å². The minimum Gasteiger partial charge on any atom is -0.311 e.